The number of carbonyl (C=O) groups is 1. The number of benzene rings is 2. The van der Waals surface area contributed by atoms with Gasteiger partial charge in [-0.2, -0.15) is 0 Å². The summed E-state index contributed by atoms with van der Waals surface area (Å²) in [6.45, 7) is 4.64. The van der Waals surface area contributed by atoms with Gasteiger partial charge in [-0.15, -0.1) is 12.4 Å². The van der Waals surface area contributed by atoms with E-state index in [0.29, 0.717) is 31.3 Å². The van der Waals surface area contributed by atoms with Gasteiger partial charge in [0.1, 0.15) is 11.5 Å². The van der Waals surface area contributed by atoms with Crippen LogP contribution in [0.1, 0.15) is 36.2 Å². The van der Waals surface area contributed by atoms with E-state index < -0.39 is 0 Å². The summed E-state index contributed by atoms with van der Waals surface area (Å²) >= 11 is 5.82. The molecule has 1 amide bonds. The Kier molecular flexibility index (Phi) is 13.2. The van der Waals surface area contributed by atoms with Gasteiger partial charge in [-0.3, -0.25) is 4.79 Å². The number of aromatic amines is 1. The summed E-state index contributed by atoms with van der Waals surface area (Å²) < 4.78 is 11.0. The third kappa shape index (κ3) is 10.1. The predicted molar refractivity (Wildman–Crippen MR) is 146 cm³/mol. The molecule has 1 atom stereocenters. The molecule has 36 heavy (non-hydrogen) atoms. The number of fused-ring (bicyclic) bond motifs is 1. The van der Waals surface area contributed by atoms with Gasteiger partial charge in [0.05, 0.1) is 25.2 Å². The molecule has 0 radical (unpaired) electrons. The van der Waals surface area contributed by atoms with E-state index in [-0.39, 0.29) is 24.2 Å². The lowest BCUT2D eigenvalue weighted by Gasteiger charge is -2.20. The molecule has 0 saturated carbocycles. The maximum Gasteiger partial charge on any atom is 0.223 e. The fourth-order valence-electron chi connectivity index (χ4n) is 3.68. The van der Waals surface area contributed by atoms with Crippen LogP contribution in [0.3, 0.4) is 0 Å². The van der Waals surface area contributed by atoms with Crippen LogP contribution in [-0.2, 0) is 17.6 Å². The molecule has 0 bridgehead atoms. The second-order valence-corrected chi connectivity index (χ2v) is 8.95. The number of H-pyrrole nitrogens is 1. The number of halogens is 2. The fraction of sp³-hybridized carbons (Fsp3) is 0.407. The van der Waals surface area contributed by atoms with Crippen molar-refractivity contribution in [2.24, 2.45) is 11.7 Å². The van der Waals surface area contributed by atoms with E-state index in [1.165, 1.54) is 5.56 Å². The zero-order valence-electron chi connectivity index (χ0n) is 20.7. The van der Waals surface area contributed by atoms with Crippen LogP contribution >= 0.6 is 24.0 Å². The molecular weight excluding hydrogens is 499 g/mol. The van der Waals surface area contributed by atoms with E-state index in [1.807, 2.05) is 36.4 Å². The first kappa shape index (κ1) is 29.5. The van der Waals surface area contributed by atoms with Crippen LogP contribution in [0, 0.1) is 12.8 Å². The molecule has 3 aromatic rings. The van der Waals surface area contributed by atoms with Gasteiger partial charge in [-0.1, -0.05) is 29.3 Å². The Hall–Kier alpha value is -2.74. The number of amides is 1. The second kappa shape index (κ2) is 16.1. The Morgan fingerprint density at radius 3 is 2.39 bits per heavy atom. The highest BCUT2D eigenvalue weighted by atomic mass is 35.5. The molecule has 0 aliphatic heterocycles. The van der Waals surface area contributed by atoms with E-state index in [2.05, 4.69) is 22.2 Å². The number of carbonyl (C=O) groups excluding carboxylic acids is 1. The second-order valence-electron chi connectivity index (χ2n) is 8.52. The number of hydrogen-bond acceptors (Lipinski definition) is 5. The molecule has 0 saturated heterocycles. The number of hydrogen-bond donors (Lipinski definition) is 3. The highest BCUT2D eigenvalue weighted by Crippen LogP contribution is 2.23. The minimum Gasteiger partial charge on any atom is -0.494 e. The van der Waals surface area contributed by atoms with Crippen molar-refractivity contribution < 1.29 is 14.3 Å². The van der Waals surface area contributed by atoms with Gasteiger partial charge in [0.25, 0.3) is 0 Å². The van der Waals surface area contributed by atoms with Gasteiger partial charge in [0, 0.05) is 29.6 Å². The summed E-state index contributed by atoms with van der Waals surface area (Å²) in [4.78, 5) is 19.6. The minimum absolute atomic E-state index is 0. The summed E-state index contributed by atoms with van der Waals surface area (Å²) in [5.74, 6) is 1.88. The summed E-state index contributed by atoms with van der Waals surface area (Å²) in [5, 5.41) is 3.69. The van der Waals surface area contributed by atoms with Crippen molar-refractivity contribution in [1.82, 2.24) is 15.3 Å². The monoisotopic (exact) mass is 534 g/mol. The number of nitrogens with zero attached hydrogens (tertiary/aromatic N) is 1. The maximum absolute atomic E-state index is 12.2. The number of aromatic nitrogens is 2. The van der Waals surface area contributed by atoms with Crippen LogP contribution in [0.25, 0.3) is 0 Å². The lowest BCUT2D eigenvalue weighted by molar-refractivity contribution is -0.125. The highest BCUT2D eigenvalue weighted by molar-refractivity contribution is 6.30. The first-order chi connectivity index (χ1) is 17.0. The van der Waals surface area contributed by atoms with Crippen LogP contribution in [-0.4, -0.2) is 42.2 Å². The Balaban J connectivity index is 0.000000299. The largest absolute Gasteiger partial charge is 0.494 e. The van der Waals surface area contributed by atoms with Crippen LogP contribution in [0.4, 0.5) is 0 Å². The van der Waals surface area contributed by atoms with E-state index in [0.717, 1.165) is 55.0 Å². The van der Waals surface area contributed by atoms with Crippen molar-refractivity contribution in [3.63, 3.8) is 0 Å². The topological polar surface area (TPSA) is 102 Å². The van der Waals surface area contributed by atoms with Crippen molar-refractivity contribution in [1.29, 1.82) is 0 Å². The Morgan fingerprint density at radius 2 is 1.72 bits per heavy atom. The van der Waals surface area contributed by atoms with Crippen molar-refractivity contribution in [3.8, 4) is 11.5 Å². The number of rotatable bonds is 10. The van der Waals surface area contributed by atoms with Crippen LogP contribution < -0.4 is 20.5 Å². The molecule has 4 N–H and O–H groups in total. The van der Waals surface area contributed by atoms with E-state index in [4.69, 9.17) is 26.8 Å². The Morgan fingerprint density at radius 1 is 1.08 bits per heavy atom. The maximum atomic E-state index is 12.2. The molecule has 1 aliphatic rings. The van der Waals surface area contributed by atoms with E-state index in [1.54, 1.807) is 18.5 Å². The molecule has 9 heteroatoms. The number of imidazole rings is 1. The SMILES string of the molecule is Cc1ccc(OCCCN)cc1.Cl.O=C(NCCCOc1ccc(Cl)cc1)C1CCc2nc[nH]c2C1. The van der Waals surface area contributed by atoms with Gasteiger partial charge in [0.15, 0.2) is 0 Å². The van der Waals surface area contributed by atoms with E-state index >= 15 is 0 Å². The van der Waals surface area contributed by atoms with Crippen molar-refractivity contribution in [2.75, 3.05) is 26.3 Å². The molecule has 0 fully saturated rings. The molecule has 2 aromatic carbocycles. The first-order valence-electron chi connectivity index (χ1n) is 12.1. The molecule has 1 unspecified atom stereocenters. The average Bonchev–Trinajstić information content (AvgIpc) is 3.35. The molecule has 7 nitrogen and oxygen atoms in total. The smallest absolute Gasteiger partial charge is 0.223 e. The highest BCUT2D eigenvalue weighted by Gasteiger charge is 2.25. The number of aryl methyl sites for hydroxylation is 2. The third-order valence-corrected chi connectivity index (χ3v) is 5.95. The lowest BCUT2D eigenvalue weighted by atomic mass is 9.89. The summed E-state index contributed by atoms with van der Waals surface area (Å²) in [7, 11) is 0. The fourth-order valence-corrected chi connectivity index (χ4v) is 3.81. The van der Waals surface area contributed by atoms with Crippen LogP contribution in [0.2, 0.25) is 5.02 Å². The van der Waals surface area contributed by atoms with Gasteiger partial charge < -0.3 is 25.5 Å². The zero-order valence-corrected chi connectivity index (χ0v) is 22.2. The first-order valence-corrected chi connectivity index (χ1v) is 12.5. The lowest BCUT2D eigenvalue weighted by Crippen LogP contribution is -2.35. The molecule has 1 heterocycles. The minimum atomic E-state index is 0. The van der Waals surface area contributed by atoms with Crippen molar-refractivity contribution >= 4 is 29.9 Å². The molecule has 196 valence electrons. The molecular formula is C27H36Cl2N4O3. The number of ether oxygens (including phenoxy) is 2. The summed E-state index contributed by atoms with van der Waals surface area (Å²) in [6.07, 6.45) is 5.88. The molecule has 1 aliphatic carbocycles. The standard InChI is InChI=1S/C17H20ClN3O2.C10H15NO.ClH/c18-13-3-5-14(6-4-13)23-9-1-8-19-17(22)12-2-7-15-16(10-12)21-11-20-15;1-9-3-5-10(6-4-9)12-8-2-7-11;/h3-6,11-12H,1-2,7-10H2,(H,19,22)(H,20,21);3-6H,2,7-8,11H2,1H3;1H. The van der Waals surface area contributed by atoms with Gasteiger partial charge >= 0.3 is 0 Å². The number of nitrogens with two attached hydrogens (primary N) is 1. The summed E-state index contributed by atoms with van der Waals surface area (Å²) in [6, 6.07) is 15.3. The van der Waals surface area contributed by atoms with Crippen LogP contribution in [0.15, 0.2) is 54.9 Å². The zero-order chi connectivity index (χ0) is 24.9. The van der Waals surface area contributed by atoms with Crippen LogP contribution in [0.5, 0.6) is 11.5 Å². The van der Waals surface area contributed by atoms with Gasteiger partial charge in [-0.25, -0.2) is 4.98 Å². The Bertz CT molecular complexity index is 1030. The average molecular weight is 536 g/mol. The Labute approximate surface area is 224 Å². The molecule has 1 aromatic heterocycles. The van der Waals surface area contributed by atoms with Gasteiger partial charge in [0.2, 0.25) is 5.91 Å². The predicted octanol–water partition coefficient (Wildman–Crippen LogP) is 4.90. The van der Waals surface area contributed by atoms with Crippen molar-refractivity contribution in [2.45, 2.75) is 39.0 Å². The number of nitrogens with one attached hydrogen (secondary N) is 2. The quantitative estimate of drug-likeness (QED) is 0.321. The summed E-state index contributed by atoms with van der Waals surface area (Å²) in [5.41, 5.74) is 8.79. The van der Waals surface area contributed by atoms with Gasteiger partial charge in [-0.05, 0) is 75.5 Å². The molecule has 0 spiro atoms. The third-order valence-electron chi connectivity index (χ3n) is 5.70. The van der Waals surface area contributed by atoms with Crippen molar-refractivity contribution in [3.05, 3.63) is 76.8 Å². The molecule has 4 rings (SSSR count). The normalized spacial score (nSPS) is 13.9. The van der Waals surface area contributed by atoms with E-state index in [9.17, 15) is 4.79 Å².